The van der Waals surface area contributed by atoms with Gasteiger partial charge in [0.15, 0.2) is 11.5 Å². The largest absolute Gasteiger partial charge is 0.454 e. The summed E-state index contributed by atoms with van der Waals surface area (Å²) < 4.78 is 12.6. The lowest BCUT2D eigenvalue weighted by Crippen LogP contribution is -2.27. The molecular weight excluding hydrogens is 530 g/mol. The molecule has 38 heavy (non-hydrogen) atoms. The zero-order valence-electron chi connectivity index (χ0n) is 19.6. The molecule has 1 aromatic heterocycles. The van der Waals surface area contributed by atoms with Crippen molar-refractivity contribution in [2.75, 3.05) is 6.79 Å². The summed E-state index contributed by atoms with van der Waals surface area (Å²) in [6, 6.07) is 17.5. The lowest BCUT2D eigenvalue weighted by atomic mass is 10.1. The molecule has 0 spiro atoms. The van der Waals surface area contributed by atoms with Gasteiger partial charge in [0.2, 0.25) is 6.79 Å². The number of ether oxygens (including phenoxy) is 2. The first-order chi connectivity index (χ1) is 18.4. The maximum atomic E-state index is 13.3. The maximum Gasteiger partial charge on any atom is 0.293 e. The number of amides is 2. The number of benzene rings is 3. The molecule has 190 valence electrons. The smallest absolute Gasteiger partial charge is 0.293 e. The lowest BCUT2D eigenvalue weighted by Gasteiger charge is -2.14. The standard InChI is InChI=1S/C27H18ClN3O6S/c28-20-11-24-23(36-15-37-24)9-18(20)14-30-26(32)25(38-27(30)33)10-17-13-29(22-8-4-2-6-19(17)22)12-16-5-1-3-7-21(16)31(34)35/h1-11,13H,12,14-15H2/b25-10-. The fraction of sp³-hybridized carbons (Fsp3) is 0.111. The molecule has 3 aromatic carbocycles. The van der Waals surface area contributed by atoms with Crippen molar-refractivity contribution < 1.29 is 24.0 Å². The number of nitrogens with zero attached hydrogens (tertiary/aromatic N) is 3. The number of carbonyl (C=O) groups excluding carboxylic acids is 2. The minimum atomic E-state index is -0.427. The Morgan fingerprint density at radius 3 is 2.55 bits per heavy atom. The Kier molecular flexibility index (Phi) is 6.05. The van der Waals surface area contributed by atoms with Gasteiger partial charge >= 0.3 is 0 Å². The first-order valence-corrected chi connectivity index (χ1v) is 12.7. The number of fused-ring (bicyclic) bond motifs is 2. The second kappa shape index (κ2) is 9.55. The molecular formula is C27H18ClN3O6S. The summed E-state index contributed by atoms with van der Waals surface area (Å²) in [6.45, 7) is 0.358. The Morgan fingerprint density at radius 1 is 1.00 bits per heavy atom. The van der Waals surface area contributed by atoms with Crippen LogP contribution in [0.4, 0.5) is 10.5 Å². The molecule has 6 rings (SSSR count). The Labute approximate surface area is 225 Å². The summed E-state index contributed by atoms with van der Waals surface area (Å²) in [6.07, 6.45) is 3.52. The summed E-state index contributed by atoms with van der Waals surface area (Å²) in [5.74, 6) is 0.604. The van der Waals surface area contributed by atoms with Crippen molar-refractivity contribution in [1.29, 1.82) is 0 Å². The fourth-order valence-corrected chi connectivity index (χ4v) is 5.60. The van der Waals surface area contributed by atoms with E-state index in [1.807, 2.05) is 35.0 Å². The Hall–Kier alpha value is -4.28. The van der Waals surface area contributed by atoms with Crippen LogP contribution >= 0.6 is 23.4 Å². The summed E-state index contributed by atoms with van der Waals surface area (Å²) in [5.41, 5.74) is 2.75. The van der Waals surface area contributed by atoms with E-state index in [9.17, 15) is 19.7 Å². The average molecular weight is 548 g/mol. The number of halogens is 1. The van der Waals surface area contributed by atoms with Gasteiger partial charge in [-0.1, -0.05) is 48.0 Å². The molecule has 2 aliphatic heterocycles. The van der Waals surface area contributed by atoms with Gasteiger partial charge in [0.25, 0.3) is 16.8 Å². The van der Waals surface area contributed by atoms with E-state index in [0.717, 1.165) is 33.1 Å². The molecule has 0 radical (unpaired) electrons. The number of para-hydroxylation sites is 2. The number of hydrogen-bond donors (Lipinski definition) is 0. The number of hydrogen-bond acceptors (Lipinski definition) is 7. The highest BCUT2D eigenvalue weighted by Crippen LogP contribution is 2.40. The third kappa shape index (κ3) is 4.27. The van der Waals surface area contributed by atoms with Crippen LogP contribution in [-0.2, 0) is 17.9 Å². The number of rotatable bonds is 6. The Morgan fingerprint density at radius 2 is 1.74 bits per heavy atom. The molecule has 2 aliphatic rings. The molecule has 1 saturated heterocycles. The molecule has 0 aliphatic carbocycles. The van der Waals surface area contributed by atoms with Crippen LogP contribution in [0, 0.1) is 10.1 Å². The number of aromatic nitrogens is 1. The van der Waals surface area contributed by atoms with Gasteiger partial charge in [-0.2, -0.15) is 0 Å². The molecule has 0 unspecified atom stereocenters. The zero-order chi connectivity index (χ0) is 26.4. The number of imide groups is 1. The summed E-state index contributed by atoms with van der Waals surface area (Å²) >= 11 is 7.22. The highest BCUT2D eigenvalue weighted by atomic mass is 35.5. The second-order valence-corrected chi connectivity index (χ2v) is 10.1. The average Bonchev–Trinajstić information content (AvgIpc) is 3.57. The zero-order valence-corrected chi connectivity index (χ0v) is 21.2. The molecule has 1 fully saturated rings. The third-order valence-electron chi connectivity index (χ3n) is 6.38. The van der Waals surface area contributed by atoms with Gasteiger partial charge in [-0.15, -0.1) is 0 Å². The van der Waals surface area contributed by atoms with Gasteiger partial charge in [-0.05, 0) is 35.5 Å². The second-order valence-electron chi connectivity index (χ2n) is 8.68. The van der Waals surface area contributed by atoms with E-state index in [4.69, 9.17) is 21.1 Å². The highest BCUT2D eigenvalue weighted by molar-refractivity contribution is 8.18. The van der Waals surface area contributed by atoms with Crippen molar-refractivity contribution in [3.8, 4) is 11.5 Å². The van der Waals surface area contributed by atoms with E-state index in [1.165, 1.54) is 6.07 Å². The van der Waals surface area contributed by atoms with Crippen molar-refractivity contribution >= 4 is 57.2 Å². The predicted molar refractivity (Wildman–Crippen MR) is 143 cm³/mol. The normalized spacial score (nSPS) is 15.7. The van der Waals surface area contributed by atoms with Gasteiger partial charge < -0.3 is 14.0 Å². The van der Waals surface area contributed by atoms with E-state index < -0.39 is 16.1 Å². The third-order valence-corrected chi connectivity index (χ3v) is 7.64. The fourth-order valence-electron chi connectivity index (χ4n) is 4.56. The van der Waals surface area contributed by atoms with Crippen molar-refractivity contribution in [2.24, 2.45) is 0 Å². The molecule has 0 saturated carbocycles. The van der Waals surface area contributed by atoms with Crippen molar-refractivity contribution in [3.05, 3.63) is 104 Å². The minimum Gasteiger partial charge on any atom is -0.454 e. The van der Waals surface area contributed by atoms with E-state index in [0.29, 0.717) is 27.6 Å². The van der Waals surface area contributed by atoms with Gasteiger partial charge in [0.05, 0.1) is 22.9 Å². The van der Waals surface area contributed by atoms with Crippen LogP contribution in [0.2, 0.25) is 5.02 Å². The first kappa shape index (κ1) is 24.1. The molecule has 9 nitrogen and oxygen atoms in total. The van der Waals surface area contributed by atoms with Crippen LogP contribution in [0.3, 0.4) is 0 Å². The van der Waals surface area contributed by atoms with E-state index in [2.05, 4.69) is 0 Å². The van der Waals surface area contributed by atoms with Crippen molar-refractivity contribution in [3.63, 3.8) is 0 Å². The van der Waals surface area contributed by atoms with Crippen LogP contribution < -0.4 is 9.47 Å². The van der Waals surface area contributed by atoms with Gasteiger partial charge in [0.1, 0.15) is 0 Å². The molecule has 0 bridgehead atoms. The number of thioether (sulfide) groups is 1. The topological polar surface area (TPSA) is 104 Å². The first-order valence-electron chi connectivity index (χ1n) is 11.5. The Balaban J connectivity index is 1.31. The van der Waals surface area contributed by atoms with Gasteiger partial charge in [-0.3, -0.25) is 24.6 Å². The van der Waals surface area contributed by atoms with Crippen molar-refractivity contribution in [2.45, 2.75) is 13.1 Å². The van der Waals surface area contributed by atoms with Crippen LogP contribution in [0.1, 0.15) is 16.7 Å². The van der Waals surface area contributed by atoms with E-state index in [-0.39, 0.29) is 30.5 Å². The van der Waals surface area contributed by atoms with E-state index >= 15 is 0 Å². The summed E-state index contributed by atoms with van der Waals surface area (Å²) in [7, 11) is 0. The van der Waals surface area contributed by atoms with Gasteiger partial charge in [-0.25, -0.2) is 0 Å². The van der Waals surface area contributed by atoms with Crippen LogP contribution in [0.15, 0.2) is 71.8 Å². The number of carbonyl (C=O) groups is 2. The Bertz CT molecular complexity index is 1680. The van der Waals surface area contributed by atoms with Crippen LogP contribution in [0.5, 0.6) is 11.5 Å². The monoisotopic (exact) mass is 547 g/mol. The maximum absolute atomic E-state index is 13.3. The number of nitro groups is 1. The molecule has 11 heteroatoms. The quantitative estimate of drug-likeness (QED) is 0.160. The predicted octanol–water partition coefficient (Wildman–Crippen LogP) is 6.22. The lowest BCUT2D eigenvalue weighted by molar-refractivity contribution is -0.385. The van der Waals surface area contributed by atoms with Crippen molar-refractivity contribution in [1.82, 2.24) is 9.47 Å². The molecule has 3 heterocycles. The van der Waals surface area contributed by atoms with Crippen LogP contribution in [-0.4, -0.2) is 32.3 Å². The molecule has 0 atom stereocenters. The van der Waals surface area contributed by atoms with E-state index in [1.54, 1.807) is 36.4 Å². The summed E-state index contributed by atoms with van der Waals surface area (Å²) in [5, 5.41) is 12.3. The molecule has 2 amide bonds. The summed E-state index contributed by atoms with van der Waals surface area (Å²) in [4.78, 5) is 38.6. The minimum absolute atomic E-state index is 0.00306. The SMILES string of the molecule is O=C1S/C(=C\c2cn(Cc3ccccc3[N+](=O)[O-])c3ccccc23)C(=O)N1Cc1cc2c(cc1Cl)OCO2. The van der Waals surface area contributed by atoms with Gasteiger partial charge in [0, 0.05) is 45.4 Å². The number of nitro benzene ring substituents is 1. The van der Waals surface area contributed by atoms with Crippen LogP contribution in [0.25, 0.3) is 17.0 Å². The highest BCUT2D eigenvalue weighted by Gasteiger charge is 2.36. The molecule has 0 N–H and O–H groups in total. The molecule has 4 aromatic rings.